The van der Waals surface area contributed by atoms with Crippen molar-refractivity contribution >= 4 is 0 Å². The summed E-state index contributed by atoms with van der Waals surface area (Å²) in [6, 6.07) is 0. The first-order valence-electron chi connectivity index (χ1n) is 6.79. The summed E-state index contributed by atoms with van der Waals surface area (Å²) in [5, 5.41) is 3.35. The third-order valence-electron chi connectivity index (χ3n) is 3.99. The fraction of sp³-hybridized carbons (Fsp3) is 1.00. The predicted octanol–water partition coefficient (Wildman–Crippen LogP) is 1.49. The van der Waals surface area contributed by atoms with Crippen molar-refractivity contribution in [3.05, 3.63) is 0 Å². The summed E-state index contributed by atoms with van der Waals surface area (Å²) in [7, 11) is 2.06. The molecule has 16 heavy (non-hydrogen) atoms. The summed E-state index contributed by atoms with van der Waals surface area (Å²) in [6.07, 6.45) is 6.84. The third kappa shape index (κ3) is 3.19. The van der Waals surface area contributed by atoms with Gasteiger partial charge in [0.05, 0.1) is 6.61 Å². The van der Waals surface area contributed by atoms with Crippen molar-refractivity contribution in [1.82, 2.24) is 10.2 Å². The van der Waals surface area contributed by atoms with E-state index in [1.54, 1.807) is 0 Å². The number of hydrogen-bond donors (Lipinski definition) is 1. The van der Waals surface area contributed by atoms with Crippen molar-refractivity contribution in [3.63, 3.8) is 0 Å². The van der Waals surface area contributed by atoms with Gasteiger partial charge < -0.3 is 15.0 Å². The van der Waals surface area contributed by atoms with Crippen LogP contribution in [-0.2, 0) is 4.74 Å². The van der Waals surface area contributed by atoms with Crippen LogP contribution in [0.2, 0.25) is 0 Å². The van der Waals surface area contributed by atoms with Crippen LogP contribution in [-0.4, -0.2) is 51.3 Å². The molecule has 2 saturated heterocycles. The lowest BCUT2D eigenvalue weighted by Crippen LogP contribution is -2.44. The van der Waals surface area contributed by atoms with Crippen LogP contribution in [0.3, 0.4) is 0 Å². The van der Waals surface area contributed by atoms with E-state index in [-0.39, 0.29) is 0 Å². The maximum atomic E-state index is 5.62. The minimum absolute atomic E-state index is 0.388. The summed E-state index contributed by atoms with van der Waals surface area (Å²) in [5.41, 5.74) is 0.388. The Balaban J connectivity index is 1.88. The van der Waals surface area contributed by atoms with E-state index in [1.807, 2.05) is 0 Å². The number of nitrogens with zero attached hydrogens (tertiary/aromatic N) is 1. The normalized spacial score (nSPS) is 32.8. The van der Waals surface area contributed by atoms with Gasteiger partial charge in [-0.25, -0.2) is 0 Å². The molecule has 3 heteroatoms. The SMILES string of the molecule is CNCC1(CN2CCCCCC2)CCOC1. The van der Waals surface area contributed by atoms with Crippen molar-refractivity contribution in [2.24, 2.45) is 5.41 Å². The Labute approximate surface area is 99.5 Å². The number of ether oxygens (including phenoxy) is 1. The molecule has 0 aromatic rings. The Kier molecular flexibility index (Phi) is 4.62. The molecule has 0 aromatic heterocycles. The van der Waals surface area contributed by atoms with E-state index in [4.69, 9.17) is 4.74 Å². The van der Waals surface area contributed by atoms with Gasteiger partial charge in [0.2, 0.25) is 0 Å². The second kappa shape index (κ2) is 5.99. The molecular formula is C13H26N2O. The molecule has 0 saturated carbocycles. The van der Waals surface area contributed by atoms with Crippen LogP contribution >= 0.6 is 0 Å². The molecule has 0 amide bonds. The van der Waals surface area contributed by atoms with Gasteiger partial charge >= 0.3 is 0 Å². The van der Waals surface area contributed by atoms with Crippen LogP contribution in [0.25, 0.3) is 0 Å². The Morgan fingerprint density at radius 3 is 2.50 bits per heavy atom. The van der Waals surface area contributed by atoms with E-state index in [1.165, 1.54) is 51.7 Å². The Bertz CT molecular complexity index is 194. The smallest absolute Gasteiger partial charge is 0.0547 e. The number of rotatable bonds is 4. The van der Waals surface area contributed by atoms with Crippen LogP contribution in [0.1, 0.15) is 32.1 Å². The van der Waals surface area contributed by atoms with Crippen LogP contribution in [0.5, 0.6) is 0 Å². The van der Waals surface area contributed by atoms with Gasteiger partial charge in [0.1, 0.15) is 0 Å². The van der Waals surface area contributed by atoms with E-state index in [2.05, 4.69) is 17.3 Å². The van der Waals surface area contributed by atoms with Crippen LogP contribution in [0.15, 0.2) is 0 Å². The fourth-order valence-electron chi connectivity index (χ4n) is 3.11. The second-order valence-corrected chi connectivity index (χ2v) is 5.52. The van der Waals surface area contributed by atoms with Gasteiger partial charge in [-0.05, 0) is 39.4 Å². The maximum Gasteiger partial charge on any atom is 0.0547 e. The Morgan fingerprint density at radius 2 is 1.94 bits per heavy atom. The molecule has 2 heterocycles. The van der Waals surface area contributed by atoms with Crippen molar-refractivity contribution in [2.75, 3.05) is 46.4 Å². The molecule has 0 bridgehead atoms. The topological polar surface area (TPSA) is 24.5 Å². The maximum absolute atomic E-state index is 5.62. The Hall–Kier alpha value is -0.120. The van der Waals surface area contributed by atoms with Gasteiger partial charge in [0, 0.05) is 25.1 Å². The van der Waals surface area contributed by atoms with Gasteiger partial charge in [-0.1, -0.05) is 12.8 Å². The average Bonchev–Trinajstić information content (AvgIpc) is 2.57. The molecule has 0 spiro atoms. The number of likely N-dealkylation sites (tertiary alicyclic amines) is 1. The molecule has 0 aromatic carbocycles. The minimum atomic E-state index is 0.388. The minimum Gasteiger partial charge on any atom is -0.381 e. The first kappa shape index (κ1) is 12.3. The van der Waals surface area contributed by atoms with Crippen LogP contribution in [0.4, 0.5) is 0 Å². The standard InChI is InChI=1S/C13H26N2O/c1-14-10-13(6-9-16-12-13)11-15-7-4-2-3-5-8-15/h14H,2-12H2,1H3. The zero-order valence-electron chi connectivity index (χ0n) is 10.6. The highest BCUT2D eigenvalue weighted by Crippen LogP contribution is 2.29. The largest absolute Gasteiger partial charge is 0.381 e. The van der Waals surface area contributed by atoms with Gasteiger partial charge in [-0.15, -0.1) is 0 Å². The summed E-state index contributed by atoms with van der Waals surface area (Å²) in [6.45, 7) is 6.83. The molecule has 2 rings (SSSR count). The van der Waals surface area contributed by atoms with E-state index in [0.29, 0.717) is 5.41 Å². The quantitative estimate of drug-likeness (QED) is 0.786. The highest BCUT2D eigenvalue weighted by atomic mass is 16.5. The van der Waals surface area contributed by atoms with Crippen molar-refractivity contribution < 1.29 is 4.74 Å². The van der Waals surface area contributed by atoms with Crippen molar-refractivity contribution in [2.45, 2.75) is 32.1 Å². The fourth-order valence-corrected chi connectivity index (χ4v) is 3.11. The molecule has 0 aliphatic carbocycles. The monoisotopic (exact) mass is 226 g/mol. The second-order valence-electron chi connectivity index (χ2n) is 5.52. The lowest BCUT2D eigenvalue weighted by atomic mass is 9.86. The summed E-state index contributed by atoms with van der Waals surface area (Å²) in [5.74, 6) is 0. The van der Waals surface area contributed by atoms with E-state index >= 15 is 0 Å². The van der Waals surface area contributed by atoms with E-state index in [9.17, 15) is 0 Å². The van der Waals surface area contributed by atoms with Gasteiger partial charge in [-0.3, -0.25) is 0 Å². The molecule has 1 N–H and O–H groups in total. The molecule has 1 unspecified atom stereocenters. The van der Waals surface area contributed by atoms with Crippen LogP contribution in [0, 0.1) is 5.41 Å². The van der Waals surface area contributed by atoms with Gasteiger partial charge in [0.15, 0.2) is 0 Å². The average molecular weight is 226 g/mol. The lowest BCUT2D eigenvalue weighted by molar-refractivity contribution is 0.111. The highest BCUT2D eigenvalue weighted by Gasteiger charge is 2.35. The van der Waals surface area contributed by atoms with Crippen LogP contribution < -0.4 is 5.32 Å². The molecule has 94 valence electrons. The third-order valence-corrected chi connectivity index (χ3v) is 3.99. The molecule has 2 fully saturated rings. The van der Waals surface area contributed by atoms with E-state index in [0.717, 1.165) is 19.8 Å². The molecule has 2 aliphatic heterocycles. The summed E-state index contributed by atoms with van der Waals surface area (Å²) < 4.78 is 5.62. The van der Waals surface area contributed by atoms with Crippen molar-refractivity contribution in [1.29, 1.82) is 0 Å². The zero-order chi connectivity index (χ0) is 11.3. The summed E-state index contributed by atoms with van der Waals surface area (Å²) in [4.78, 5) is 2.67. The molecule has 2 aliphatic rings. The van der Waals surface area contributed by atoms with Crippen molar-refractivity contribution in [3.8, 4) is 0 Å². The first-order valence-corrected chi connectivity index (χ1v) is 6.79. The lowest BCUT2D eigenvalue weighted by Gasteiger charge is -2.33. The number of hydrogen-bond acceptors (Lipinski definition) is 3. The van der Waals surface area contributed by atoms with Gasteiger partial charge in [0.25, 0.3) is 0 Å². The predicted molar refractivity (Wildman–Crippen MR) is 66.7 cm³/mol. The number of nitrogens with one attached hydrogen (secondary N) is 1. The zero-order valence-corrected chi connectivity index (χ0v) is 10.6. The molecule has 3 nitrogen and oxygen atoms in total. The Morgan fingerprint density at radius 1 is 1.19 bits per heavy atom. The molecule has 0 radical (unpaired) electrons. The molecular weight excluding hydrogens is 200 g/mol. The summed E-state index contributed by atoms with van der Waals surface area (Å²) >= 11 is 0. The van der Waals surface area contributed by atoms with Gasteiger partial charge in [-0.2, -0.15) is 0 Å². The highest BCUT2D eigenvalue weighted by molar-refractivity contribution is 4.88. The van der Waals surface area contributed by atoms with E-state index < -0.39 is 0 Å². The first-order chi connectivity index (χ1) is 7.85. The molecule has 1 atom stereocenters.